The van der Waals surface area contributed by atoms with Gasteiger partial charge in [0.05, 0.1) is 40.0 Å². The maximum absolute atomic E-state index is 12.7. The molecule has 60 heavy (non-hydrogen) atoms. The van der Waals surface area contributed by atoms with Gasteiger partial charge in [-0.15, -0.1) is 0 Å². The van der Waals surface area contributed by atoms with Crippen LogP contribution in [0.1, 0.15) is 129 Å². The molecule has 0 radical (unpaired) electrons. The van der Waals surface area contributed by atoms with Gasteiger partial charge in [-0.05, 0) is 70.6 Å². The highest BCUT2D eigenvalue weighted by Crippen LogP contribution is 2.38. The first kappa shape index (κ1) is 56.9. The van der Waals surface area contributed by atoms with Crippen LogP contribution in [0.3, 0.4) is 0 Å². The smallest absolute Gasteiger partial charge is 0.306 e. The Hall–Kier alpha value is -3.15. The van der Waals surface area contributed by atoms with Crippen LogP contribution in [-0.4, -0.2) is 92.5 Å². The van der Waals surface area contributed by atoms with Gasteiger partial charge >= 0.3 is 11.9 Å². The van der Waals surface area contributed by atoms with Gasteiger partial charge in [-0.2, -0.15) is 0 Å². The molecule has 4 atom stereocenters. The van der Waals surface area contributed by atoms with Crippen LogP contribution >= 0.6 is 7.82 Å². The Morgan fingerprint density at radius 1 is 0.617 bits per heavy atom. The Bertz CT molecular complexity index is 1380. The number of phosphoric ester groups is 1. The van der Waals surface area contributed by atoms with Crippen LogP contribution in [0.2, 0.25) is 0 Å². The minimum absolute atomic E-state index is 0.0408. The maximum atomic E-state index is 12.7. The lowest BCUT2D eigenvalue weighted by Gasteiger charge is -2.28. The van der Waals surface area contributed by atoms with Crippen LogP contribution in [0.4, 0.5) is 0 Å². The summed E-state index contributed by atoms with van der Waals surface area (Å²) in [6, 6.07) is 0. The zero-order valence-electron chi connectivity index (χ0n) is 37.6. The van der Waals surface area contributed by atoms with Crippen molar-refractivity contribution in [3.8, 4) is 0 Å². The molecule has 12 heteroatoms. The number of hydrogen-bond acceptors (Lipinski definition) is 10. The minimum Gasteiger partial charge on any atom is -0.756 e. The molecule has 0 aliphatic rings. The highest BCUT2D eigenvalue weighted by Gasteiger charge is 2.22. The molecule has 0 aromatic heterocycles. The van der Waals surface area contributed by atoms with Crippen molar-refractivity contribution in [2.24, 2.45) is 0 Å². The molecule has 0 aliphatic carbocycles. The maximum Gasteiger partial charge on any atom is 0.306 e. The predicted molar refractivity (Wildman–Crippen MR) is 243 cm³/mol. The van der Waals surface area contributed by atoms with E-state index in [-0.39, 0.29) is 26.1 Å². The fourth-order valence-corrected chi connectivity index (χ4v) is 5.94. The molecule has 2 N–H and O–H groups in total. The van der Waals surface area contributed by atoms with Crippen molar-refractivity contribution in [2.75, 3.05) is 47.5 Å². The predicted octanol–water partition coefficient (Wildman–Crippen LogP) is 9.88. The second-order valence-corrected chi connectivity index (χ2v) is 17.2. The molecule has 342 valence electrons. The van der Waals surface area contributed by atoms with Gasteiger partial charge < -0.3 is 38.1 Å². The van der Waals surface area contributed by atoms with Gasteiger partial charge in [0.1, 0.15) is 19.8 Å². The van der Waals surface area contributed by atoms with Gasteiger partial charge in [0, 0.05) is 12.8 Å². The fourth-order valence-electron chi connectivity index (χ4n) is 5.21. The zero-order valence-corrected chi connectivity index (χ0v) is 38.5. The number of carbonyl (C=O) groups excluding carboxylic acids is 2. The molecule has 0 saturated heterocycles. The average molecular weight is 862 g/mol. The average Bonchev–Trinajstić information content (AvgIpc) is 3.19. The number of nitrogens with zero attached hydrogens (tertiary/aromatic N) is 1. The molecule has 1 unspecified atom stereocenters. The van der Waals surface area contributed by atoms with E-state index in [1.165, 1.54) is 19.3 Å². The summed E-state index contributed by atoms with van der Waals surface area (Å²) in [5, 5.41) is 20.2. The number of ether oxygens (including phenoxy) is 2. The summed E-state index contributed by atoms with van der Waals surface area (Å²) in [6.45, 7) is 3.73. The van der Waals surface area contributed by atoms with Crippen molar-refractivity contribution >= 4 is 19.8 Å². The van der Waals surface area contributed by atoms with E-state index in [1.807, 2.05) is 57.6 Å². The molecular weight excluding hydrogens is 781 g/mol. The van der Waals surface area contributed by atoms with Crippen LogP contribution in [0, 0.1) is 0 Å². The summed E-state index contributed by atoms with van der Waals surface area (Å²) in [6.07, 6.45) is 43.7. The SMILES string of the molecule is CCCCC/C=C\C/C=C\C/C=C\C/C=C\CCCC(=O)OC[C@H](COP(=O)([O-])OCC[N+](C)(C)C)OC(=O)CCC[C@H](O)/C=C/C=C\C/C=C\C=C\[C@H](O)CCCCC. The Balaban J connectivity index is 4.72. The number of rotatable bonds is 38. The molecule has 0 spiro atoms. The quantitative estimate of drug-likeness (QED) is 0.0153. The zero-order chi connectivity index (χ0) is 44.6. The minimum atomic E-state index is -4.71. The molecule has 0 aliphatic heterocycles. The summed E-state index contributed by atoms with van der Waals surface area (Å²) in [7, 11) is 0.972. The van der Waals surface area contributed by atoms with Crippen LogP contribution in [0.25, 0.3) is 0 Å². The molecule has 11 nitrogen and oxygen atoms in total. The number of esters is 2. The van der Waals surface area contributed by atoms with Crippen molar-refractivity contribution < 1.29 is 52.3 Å². The highest BCUT2D eigenvalue weighted by atomic mass is 31.2. The second kappa shape index (κ2) is 38.7. The van der Waals surface area contributed by atoms with Gasteiger partial charge in [-0.25, -0.2) is 0 Å². The number of carbonyl (C=O) groups is 2. The number of allylic oxidation sites excluding steroid dienone is 14. The number of unbranched alkanes of at least 4 members (excludes halogenated alkanes) is 6. The van der Waals surface area contributed by atoms with E-state index in [9.17, 15) is 29.3 Å². The first-order valence-electron chi connectivity index (χ1n) is 22.2. The van der Waals surface area contributed by atoms with Crippen LogP contribution < -0.4 is 4.89 Å². The lowest BCUT2D eigenvalue weighted by atomic mass is 10.1. The number of likely N-dealkylation sites (N-methyl/N-ethyl adjacent to an activating group) is 1. The van der Waals surface area contributed by atoms with Crippen molar-refractivity contribution in [2.45, 2.75) is 148 Å². The Kier molecular flexibility index (Phi) is 36.7. The van der Waals surface area contributed by atoms with E-state index in [0.717, 1.165) is 51.4 Å². The van der Waals surface area contributed by atoms with Crippen molar-refractivity contribution in [1.29, 1.82) is 0 Å². The molecule has 0 aromatic carbocycles. The van der Waals surface area contributed by atoms with Gasteiger partial charge in [0.25, 0.3) is 7.82 Å². The van der Waals surface area contributed by atoms with E-state index in [0.29, 0.717) is 43.1 Å². The molecule has 0 saturated carbocycles. The summed E-state index contributed by atoms with van der Waals surface area (Å²) >= 11 is 0. The fraction of sp³-hybridized carbons (Fsp3) is 0.625. The Morgan fingerprint density at radius 3 is 1.68 bits per heavy atom. The first-order valence-corrected chi connectivity index (χ1v) is 23.6. The summed E-state index contributed by atoms with van der Waals surface area (Å²) < 4.78 is 33.6. The standard InChI is InChI=1S/C48H80NO10P/c1-6-8-10-11-12-13-14-15-16-17-18-19-20-21-25-28-32-38-47(52)56-42-46(43-58-60(54,55)57-41-40-49(3,4)5)59-48(53)39-33-37-45(51)36-31-27-24-22-23-26-30-35-44(50)34-29-9-7-2/h12-13,15-16,18-19,21,23-27,30-31,35-36,44-46,50-51H,6-11,14,17,20,22,28-29,32-34,37-43H2,1-5H3/b13-12-,16-15-,19-18-,25-21-,26-23-,27-24-,35-30+,36-31+/t44-,45-,46-/m1/s1. The third-order valence-electron chi connectivity index (χ3n) is 8.78. The number of hydrogen-bond donors (Lipinski definition) is 2. The topological polar surface area (TPSA) is 152 Å². The molecule has 0 rings (SSSR count). The van der Waals surface area contributed by atoms with Gasteiger partial charge in [-0.1, -0.05) is 143 Å². The second-order valence-electron chi connectivity index (χ2n) is 15.8. The van der Waals surface area contributed by atoms with Crippen molar-refractivity contribution in [3.05, 3.63) is 97.2 Å². The summed E-state index contributed by atoms with van der Waals surface area (Å²) in [5.74, 6) is -1.14. The van der Waals surface area contributed by atoms with Crippen molar-refractivity contribution in [1.82, 2.24) is 0 Å². The normalized spacial score (nSPS) is 15.5. The lowest BCUT2D eigenvalue weighted by Crippen LogP contribution is -2.37. The van der Waals surface area contributed by atoms with E-state index in [2.05, 4.69) is 56.4 Å². The van der Waals surface area contributed by atoms with Crippen LogP contribution in [0.15, 0.2) is 97.2 Å². The van der Waals surface area contributed by atoms with Crippen LogP contribution in [0.5, 0.6) is 0 Å². The molecule has 0 amide bonds. The van der Waals surface area contributed by atoms with Gasteiger partial charge in [0.2, 0.25) is 0 Å². The largest absolute Gasteiger partial charge is 0.756 e. The molecule has 0 aromatic rings. The molecule has 0 fully saturated rings. The van der Waals surface area contributed by atoms with E-state index in [4.69, 9.17) is 18.5 Å². The number of aliphatic hydroxyl groups excluding tert-OH is 2. The van der Waals surface area contributed by atoms with Gasteiger partial charge in [-0.3, -0.25) is 14.2 Å². The van der Waals surface area contributed by atoms with Crippen LogP contribution in [-0.2, 0) is 32.7 Å². The molecule has 0 heterocycles. The molecular formula is C48H80NO10P. The lowest BCUT2D eigenvalue weighted by molar-refractivity contribution is -0.870. The number of quaternary nitrogens is 1. The van der Waals surface area contributed by atoms with E-state index < -0.39 is 44.7 Å². The monoisotopic (exact) mass is 862 g/mol. The summed E-state index contributed by atoms with van der Waals surface area (Å²) in [4.78, 5) is 37.5. The number of aliphatic hydroxyl groups is 2. The molecule has 0 bridgehead atoms. The highest BCUT2D eigenvalue weighted by molar-refractivity contribution is 7.45. The number of phosphoric acid groups is 1. The Labute approximate surface area is 363 Å². The van der Waals surface area contributed by atoms with E-state index in [1.54, 1.807) is 18.2 Å². The summed E-state index contributed by atoms with van der Waals surface area (Å²) in [5.41, 5.74) is 0. The first-order chi connectivity index (χ1) is 28.8. The van der Waals surface area contributed by atoms with E-state index >= 15 is 0 Å². The van der Waals surface area contributed by atoms with Gasteiger partial charge in [0.15, 0.2) is 6.10 Å². The third kappa shape index (κ3) is 41.6. The third-order valence-corrected chi connectivity index (χ3v) is 9.75. The van der Waals surface area contributed by atoms with Crippen molar-refractivity contribution in [3.63, 3.8) is 0 Å². The Morgan fingerprint density at radius 2 is 1.12 bits per heavy atom.